The Bertz CT molecular complexity index is 393. The van der Waals surface area contributed by atoms with E-state index in [4.69, 9.17) is 4.74 Å². The van der Waals surface area contributed by atoms with Crippen molar-refractivity contribution in [1.29, 1.82) is 0 Å². The Morgan fingerprint density at radius 2 is 2.19 bits per heavy atom. The summed E-state index contributed by atoms with van der Waals surface area (Å²) in [6, 6.07) is 5.94. The zero-order chi connectivity index (χ0) is 11.5. The van der Waals surface area contributed by atoms with Gasteiger partial charge in [0.05, 0.1) is 25.0 Å². The van der Waals surface area contributed by atoms with Gasteiger partial charge in [-0.2, -0.15) is 0 Å². The van der Waals surface area contributed by atoms with Gasteiger partial charge in [0, 0.05) is 26.2 Å². The first kappa shape index (κ1) is 10.8. The van der Waals surface area contributed by atoms with E-state index < -0.39 is 0 Å². The van der Waals surface area contributed by atoms with Gasteiger partial charge in [-0.1, -0.05) is 0 Å². The predicted molar refractivity (Wildman–Crippen MR) is 64.5 cm³/mol. The number of fused-ring (bicyclic) bond motifs is 1. The van der Waals surface area contributed by atoms with Gasteiger partial charge in [-0.3, -0.25) is 0 Å². The van der Waals surface area contributed by atoms with Crippen molar-refractivity contribution >= 4 is 17.7 Å². The number of rotatable bonds is 3. The Kier molecular flexibility index (Phi) is 2.99. The fourth-order valence-corrected chi connectivity index (χ4v) is 1.99. The number of methoxy groups -OCH3 is 1. The van der Waals surface area contributed by atoms with Gasteiger partial charge < -0.3 is 19.3 Å². The monoisotopic (exact) mass is 220 g/mol. The van der Waals surface area contributed by atoms with Crippen molar-refractivity contribution in [2.24, 2.45) is 0 Å². The molecule has 0 radical (unpaired) electrons. The number of carbonyl (C=O) groups excluding carboxylic acids is 1. The summed E-state index contributed by atoms with van der Waals surface area (Å²) in [6.07, 6.45) is 0.944. The van der Waals surface area contributed by atoms with Crippen LogP contribution in [-0.4, -0.2) is 40.1 Å². The first-order valence-electron chi connectivity index (χ1n) is 5.34. The number of carbonyl (C=O) groups is 1. The minimum Gasteiger partial charge on any atom is -0.497 e. The predicted octanol–water partition coefficient (Wildman–Crippen LogP) is 1.15. The largest absolute Gasteiger partial charge is 0.497 e. The van der Waals surface area contributed by atoms with Crippen molar-refractivity contribution in [3.63, 3.8) is 0 Å². The van der Waals surface area contributed by atoms with Crippen LogP contribution in [0.5, 0.6) is 5.75 Å². The van der Waals surface area contributed by atoms with Crippen LogP contribution >= 0.6 is 0 Å². The lowest BCUT2D eigenvalue weighted by Crippen LogP contribution is -2.40. The van der Waals surface area contributed by atoms with Crippen LogP contribution in [-0.2, 0) is 4.79 Å². The lowest BCUT2D eigenvalue weighted by Gasteiger charge is -2.36. The van der Waals surface area contributed by atoms with Crippen molar-refractivity contribution in [3.05, 3.63) is 18.2 Å². The van der Waals surface area contributed by atoms with Crippen LogP contribution in [0.25, 0.3) is 0 Å². The topological polar surface area (TPSA) is 32.8 Å². The molecule has 1 aromatic carbocycles. The molecular formula is C12H16N2O2. The van der Waals surface area contributed by atoms with Gasteiger partial charge >= 0.3 is 0 Å². The summed E-state index contributed by atoms with van der Waals surface area (Å²) < 4.78 is 5.21. The zero-order valence-electron chi connectivity index (χ0n) is 9.64. The van der Waals surface area contributed by atoms with E-state index in [1.165, 1.54) is 0 Å². The molecule has 0 N–H and O–H groups in total. The number of anilines is 2. The molecule has 86 valence electrons. The molecule has 1 aliphatic heterocycles. The number of hydrogen-bond acceptors (Lipinski definition) is 4. The number of hydrogen-bond donors (Lipinski definition) is 0. The fourth-order valence-electron chi connectivity index (χ4n) is 1.99. The van der Waals surface area contributed by atoms with Crippen molar-refractivity contribution in [1.82, 2.24) is 0 Å². The Hall–Kier alpha value is -1.71. The third kappa shape index (κ3) is 1.83. The summed E-state index contributed by atoms with van der Waals surface area (Å²) in [6.45, 7) is 2.26. The molecule has 0 fully saturated rings. The third-order valence-electron chi connectivity index (χ3n) is 2.93. The molecule has 0 amide bonds. The van der Waals surface area contributed by atoms with E-state index in [2.05, 4.69) is 16.8 Å². The highest BCUT2D eigenvalue weighted by molar-refractivity contribution is 5.77. The molecule has 4 nitrogen and oxygen atoms in total. The SMILES string of the molecule is COc1ccc2c(c1)N(C)CCN2CC=O. The van der Waals surface area contributed by atoms with Gasteiger partial charge in [0.15, 0.2) is 0 Å². The molecule has 0 atom stereocenters. The van der Waals surface area contributed by atoms with Gasteiger partial charge in [-0.15, -0.1) is 0 Å². The minimum absolute atomic E-state index is 0.452. The van der Waals surface area contributed by atoms with Crippen LogP contribution in [0, 0.1) is 0 Å². The van der Waals surface area contributed by atoms with Crippen molar-refractivity contribution in [3.8, 4) is 5.75 Å². The maximum atomic E-state index is 10.6. The van der Waals surface area contributed by atoms with E-state index in [-0.39, 0.29) is 0 Å². The van der Waals surface area contributed by atoms with Crippen LogP contribution in [0.1, 0.15) is 0 Å². The van der Waals surface area contributed by atoms with E-state index >= 15 is 0 Å². The summed E-state index contributed by atoms with van der Waals surface area (Å²) >= 11 is 0. The van der Waals surface area contributed by atoms with E-state index in [0.717, 1.165) is 36.5 Å². The summed E-state index contributed by atoms with van der Waals surface area (Å²) in [5, 5.41) is 0. The highest BCUT2D eigenvalue weighted by Crippen LogP contribution is 2.34. The highest BCUT2D eigenvalue weighted by atomic mass is 16.5. The van der Waals surface area contributed by atoms with Gasteiger partial charge in [0.2, 0.25) is 0 Å². The quantitative estimate of drug-likeness (QED) is 0.715. The summed E-state index contributed by atoms with van der Waals surface area (Å²) in [5.74, 6) is 0.846. The van der Waals surface area contributed by atoms with Crippen LogP contribution in [0.2, 0.25) is 0 Å². The maximum Gasteiger partial charge on any atom is 0.139 e. The van der Waals surface area contributed by atoms with Crippen molar-refractivity contribution in [2.75, 3.05) is 43.6 Å². The highest BCUT2D eigenvalue weighted by Gasteiger charge is 2.20. The molecule has 0 saturated carbocycles. The maximum absolute atomic E-state index is 10.6. The smallest absolute Gasteiger partial charge is 0.139 e. The van der Waals surface area contributed by atoms with Gasteiger partial charge in [0.25, 0.3) is 0 Å². The minimum atomic E-state index is 0.452. The molecule has 16 heavy (non-hydrogen) atoms. The summed E-state index contributed by atoms with van der Waals surface area (Å²) in [7, 11) is 3.71. The van der Waals surface area contributed by atoms with Crippen LogP contribution in [0.3, 0.4) is 0 Å². The van der Waals surface area contributed by atoms with Gasteiger partial charge in [-0.25, -0.2) is 0 Å². The Morgan fingerprint density at radius 3 is 2.88 bits per heavy atom. The third-order valence-corrected chi connectivity index (χ3v) is 2.93. The summed E-state index contributed by atoms with van der Waals surface area (Å²) in [5.41, 5.74) is 2.22. The molecule has 0 aliphatic carbocycles. The summed E-state index contributed by atoms with van der Waals surface area (Å²) in [4.78, 5) is 14.9. The molecule has 0 saturated heterocycles. The standard InChI is InChI=1S/C12H16N2O2/c1-13-5-6-14(7-8-15)11-4-3-10(16-2)9-12(11)13/h3-4,8-9H,5-7H2,1-2H3. The van der Waals surface area contributed by atoms with E-state index in [0.29, 0.717) is 6.54 Å². The number of likely N-dealkylation sites (N-methyl/N-ethyl adjacent to an activating group) is 1. The molecule has 0 bridgehead atoms. The molecule has 1 aromatic rings. The van der Waals surface area contributed by atoms with Crippen LogP contribution in [0.4, 0.5) is 11.4 Å². The Morgan fingerprint density at radius 1 is 1.38 bits per heavy atom. The van der Waals surface area contributed by atoms with E-state index in [9.17, 15) is 4.79 Å². The number of benzene rings is 1. The van der Waals surface area contributed by atoms with Crippen LogP contribution in [0.15, 0.2) is 18.2 Å². The van der Waals surface area contributed by atoms with Crippen molar-refractivity contribution < 1.29 is 9.53 Å². The fraction of sp³-hybridized carbons (Fsp3) is 0.417. The Labute approximate surface area is 95.4 Å². The zero-order valence-corrected chi connectivity index (χ0v) is 9.64. The average molecular weight is 220 g/mol. The molecule has 1 aliphatic rings. The second kappa shape index (κ2) is 4.43. The molecule has 2 rings (SSSR count). The Balaban J connectivity index is 2.38. The van der Waals surface area contributed by atoms with Crippen LogP contribution < -0.4 is 14.5 Å². The number of ether oxygens (including phenoxy) is 1. The number of nitrogens with zero attached hydrogens (tertiary/aromatic N) is 2. The molecule has 0 spiro atoms. The second-order valence-electron chi connectivity index (χ2n) is 3.89. The van der Waals surface area contributed by atoms with Gasteiger partial charge in [0.1, 0.15) is 12.0 Å². The molecule has 0 unspecified atom stereocenters. The van der Waals surface area contributed by atoms with Crippen molar-refractivity contribution in [2.45, 2.75) is 0 Å². The van der Waals surface area contributed by atoms with E-state index in [1.54, 1.807) is 7.11 Å². The average Bonchev–Trinajstić information content (AvgIpc) is 2.33. The second-order valence-corrected chi connectivity index (χ2v) is 3.89. The molecule has 4 heteroatoms. The lowest BCUT2D eigenvalue weighted by molar-refractivity contribution is -0.106. The van der Waals surface area contributed by atoms with Gasteiger partial charge in [-0.05, 0) is 12.1 Å². The molecular weight excluding hydrogens is 204 g/mol. The molecule has 0 aromatic heterocycles. The first-order valence-corrected chi connectivity index (χ1v) is 5.34. The first-order chi connectivity index (χ1) is 7.76. The normalized spacial score (nSPS) is 14.6. The molecule has 1 heterocycles. The van der Waals surface area contributed by atoms with E-state index in [1.807, 2.05) is 18.2 Å². The number of aldehydes is 1. The lowest BCUT2D eigenvalue weighted by atomic mass is 10.1.